The second-order valence-corrected chi connectivity index (χ2v) is 6.04. The summed E-state index contributed by atoms with van der Waals surface area (Å²) >= 11 is 0. The van der Waals surface area contributed by atoms with Gasteiger partial charge < -0.3 is 18.9 Å². The summed E-state index contributed by atoms with van der Waals surface area (Å²) in [7, 11) is 0. The van der Waals surface area contributed by atoms with Gasteiger partial charge in [-0.2, -0.15) is 5.10 Å². The van der Waals surface area contributed by atoms with Crippen LogP contribution in [0.2, 0.25) is 0 Å². The molecule has 27 heavy (non-hydrogen) atoms. The van der Waals surface area contributed by atoms with Crippen molar-refractivity contribution >= 4 is 17.7 Å². The van der Waals surface area contributed by atoms with Crippen molar-refractivity contribution in [3.8, 4) is 23.0 Å². The lowest BCUT2D eigenvalue weighted by atomic mass is 10.2. The van der Waals surface area contributed by atoms with Crippen LogP contribution in [0.3, 0.4) is 0 Å². The van der Waals surface area contributed by atoms with Gasteiger partial charge in [0.15, 0.2) is 23.0 Å². The van der Waals surface area contributed by atoms with E-state index in [1.807, 2.05) is 36.4 Å². The summed E-state index contributed by atoms with van der Waals surface area (Å²) < 4.78 is 21.8. The largest absolute Gasteiger partial charge is 0.485 e. The zero-order valence-electron chi connectivity index (χ0n) is 14.7. The number of carbonyl (C=O) groups excluding carboxylic acids is 1. The van der Waals surface area contributed by atoms with E-state index in [1.54, 1.807) is 25.1 Å². The number of ether oxygens (including phenoxy) is 4. The molecule has 0 aliphatic carbocycles. The fourth-order valence-corrected chi connectivity index (χ4v) is 2.63. The van der Waals surface area contributed by atoms with Gasteiger partial charge in [0.1, 0.15) is 6.61 Å². The number of carbonyl (C=O) groups is 1. The van der Waals surface area contributed by atoms with Crippen molar-refractivity contribution in [1.29, 1.82) is 0 Å². The van der Waals surface area contributed by atoms with Crippen LogP contribution in [0, 0.1) is 0 Å². The van der Waals surface area contributed by atoms with Gasteiger partial charge in [-0.05, 0) is 42.8 Å². The van der Waals surface area contributed by atoms with E-state index >= 15 is 0 Å². The quantitative estimate of drug-likeness (QED) is 0.665. The summed E-state index contributed by atoms with van der Waals surface area (Å²) in [6, 6.07) is 12.9. The minimum Gasteiger partial charge on any atom is -0.485 e. The molecule has 1 atom stereocenters. The van der Waals surface area contributed by atoms with Crippen LogP contribution in [0.25, 0.3) is 6.08 Å². The molecule has 7 nitrogen and oxygen atoms in total. The number of amides is 1. The third-order valence-corrected chi connectivity index (χ3v) is 4.06. The van der Waals surface area contributed by atoms with Crippen LogP contribution in [0.15, 0.2) is 53.6 Å². The van der Waals surface area contributed by atoms with Crippen LogP contribution >= 0.6 is 0 Å². The van der Waals surface area contributed by atoms with Crippen molar-refractivity contribution in [3.63, 3.8) is 0 Å². The Kier molecular flexibility index (Phi) is 4.65. The van der Waals surface area contributed by atoms with Crippen LogP contribution < -0.4 is 24.4 Å². The highest BCUT2D eigenvalue weighted by atomic mass is 16.7. The lowest BCUT2D eigenvalue weighted by Crippen LogP contribution is -2.42. The predicted octanol–water partition coefficient (Wildman–Crippen LogP) is 2.76. The third-order valence-electron chi connectivity index (χ3n) is 4.06. The summed E-state index contributed by atoms with van der Waals surface area (Å²) in [6.45, 7) is 2.17. The van der Waals surface area contributed by atoms with E-state index in [2.05, 4.69) is 10.5 Å². The first-order valence-corrected chi connectivity index (χ1v) is 8.49. The highest BCUT2D eigenvalue weighted by Crippen LogP contribution is 2.33. The maximum Gasteiger partial charge on any atom is 0.284 e. The molecule has 0 fully saturated rings. The summed E-state index contributed by atoms with van der Waals surface area (Å²) in [4.78, 5) is 12.2. The minimum atomic E-state index is -0.741. The van der Waals surface area contributed by atoms with Crippen LogP contribution in [0.5, 0.6) is 23.0 Å². The van der Waals surface area contributed by atoms with E-state index in [-0.39, 0.29) is 19.3 Å². The number of hydrazone groups is 1. The van der Waals surface area contributed by atoms with E-state index < -0.39 is 6.10 Å². The van der Waals surface area contributed by atoms with Gasteiger partial charge in [-0.15, -0.1) is 0 Å². The van der Waals surface area contributed by atoms with E-state index in [1.165, 1.54) is 0 Å². The zero-order valence-corrected chi connectivity index (χ0v) is 14.7. The Labute approximate surface area is 156 Å². The number of allylic oxidation sites excluding steroid dienone is 1. The van der Waals surface area contributed by atoms with Gasteiger partial charge >= 0.3 is 0 Å². The summed E-state index contributed by atoms with van der Waals surface area (Å²) in [6.07, 6.45) is 2.93. The van der Waals surface area contributed by atoms with Crippen LogP contribution in [-0.2, 0) is 4.79 Å². The molecular formula is C20H18N2O5. The number of fused-ring (bicyclic) bond motifs is 2. The monoisotopic (exact) mass is 366 g/mol. The number of rotatable bonds is 4. The Hall–Kier alpha value is -3.48. The maximum atomic E-state index is 12.2. The first kappa shape index (κ1) is 17.0. The summed E-state index contributed by atoms with van der Waals surface area (Å²) in [5.41, 5.74) is 4.09. The molecule has 4 rings (SSSR count). The molecule has 2 aliphatic heterocycles. The molecule has 1 N–H and O–H groups in total. The molecule has 2 aromatic rings. The van der Waals surface area contributed by atoms with Gasteiger partial charge in [-0.1, -0.05) is 24.3 Å². The molecule has 0 spiro atoms. The Morgan fingerprint density at radius 2 is 1.85 bits per heavy atom. The molecule has 1 unspecified atom stereocenters. The average molecular weight is 366 g/mol. The van der Waals surface area contributed by atoms with Crippen LogP contribution in [0.1, 0.15) is 12.5 Å². The van der Waals surface area contributed by atoms with Crippen molar-refractivity contribution in [3.05, 3.63) is 54.1 Å². The Bertz CT molecular complexity index is 922. The van der Waals surface area contributed by atoms with Crippen LogP contribution in [-0.4, -0.2) is 31.1 Å². The van der Waals surface area contributed by atoms with E-state index in [0.717, 1.165) is 17.1 Å². The molecule has 0 saturated carbocycles. The van der Waals surface area contributed by atoms with Crippen molar-refractivity contribution < 1.29 is 23.7 Å². The maximum absolute atomic E-state index is 12.2. The standard InChI is InChI=1S/C20H18N2O5/c1-13(6-7-14-8-9-16-18(10-14)26-12-25-16)21-22-20(23)19-11-24-15-4-2-3-5-17(15)27-19/h2-10,19H,11-12H2,1H3,(H,22,23)/b7-6+,21-13?. The van der Waals surface area contributed by atoms with Crippen molar-refractivity contribution in [2.24, 2.45) is 5.10 Å². The Balaban J connectivity index is 1.34. The molecule has 1 amide bonds. The number of nitrogens with one attached hydrogen (secondary N) is 1. The first-order chi connectivity index (χ1) is 13.2. The molecule has 2 aliphatic rings. The van der Waals surface area contributed by atoms with Crippen molar-refractivity contribution in [1.82, 2.24) is 5.43 Å². The first-order valence-electron chi connectivity index (χ1n) is 8.49. The smallest absolute Gasteiger partial charge is 0.284 e. The van der Waals surface area contributed by atoms with Gasteiger partial charge in [-0.3, -0.25) is 4.79 Å². The zero-order chi connectivity index (χ0) is 18.6. The highest BCUT2D eigenvalue weighted by molar-refractivity contribution is 5.97. The number of nitrogens with zero attached hydrogens (tertiary/aromatic N) is 1. The SMILES string of the molecule is CC(/C=C/c1ccc2c(c1)OCO2)=NNC(=O)C1COc2ccccc2O1. The summed E-state index contributed by atoms with van der Waals surface area (Å²) in [5, 5.41) is 4.08. The molecule has 7 heteroatoms. The number of hydrogen-bond donors (Lipinski definition) is 1. The van der Waals surface area contributed by atoms with E-state index in [9.17, 15) is 4.79 Å². The Morgan fingerprint density at radius 3 is 2.74 bits per heavy atom. The van der Waals surface area contributed by atoms with Crippen molar-refractivity contribution in [2.45, 2.75) is 13.0 Å². The fourth-order valence-electron chi connectivity index (χ4n) is 2.63. The molecule has 0 saturated heterocycles. The van der Waals surface area contributed by atoms with Gasteiger partial charge in [-0.25, -0.2) is 5.43 Å². The number of benzene rings is 2. The molecule has 0 aromatic heterocycles. The van der Waals surface area contributed by atoms with E-state index in [4.69, 9.17) is 18.9 Å². The van der Waals surface area contributed by atoms with Gasteiger partial charge in [0.05, 0.1) is 5.71 Å². The van der Waals surface area contributed by atoms with Gasteiger partial charge in [0.25, 0.3) is 5.91 Å². The second kappa shape index (κ2) is 7.41. The Morgan fingerprint density at radius 1 is 1.07 bits per heavy atom. The molecular weight excluding hydrogens is 348 g/mol. The summed E-state index contributed by atoms with van der Waals surface area (Å²) in [5.74, 6) is 2.27. The van der Waals surface area contributed by atoms with Crippen LogP contribution in [0.4, 0.5) is 0 Å². The highest BCUT2D eigenvalue weighted by Gasteiger charge is 2.27. The van der Waals surface area contributed by atoms with Gasteiger partial charge in [0.2, 0.25) is 12.9 Å². The second-order valence-electron chi connectivity index (χ2n) is 6.04. The molecule has 0 radical (unpaired) electrons. The third kappa shape index (κ3) is 3.87. The molecule has 2 heterocycles. The lowest BCUT2D eigenvalue weighted by molar-refractivity contribution is -0.130. The fraction of sp³-hybridized carbons (Fsp3) is 0.200. The normalized spacial score (nSPS) is 17.8. The number of hydrogen-bond acceptors (Lipinski definition) is 6. The van der Waals surface area contributed by atoms with Crippen molar-refractivity contribution in [2.75, 3.05) is 13.4 Å². The molecule has 138 valence electrons. The van der Waals surface area contributed by atoms with E-state index in [0.29, 0.717) is 17.2 Å². The predicted molar refractivity (Wildman–Crippen MR) is 99.2 cm³/mol. The number of para-hydroxylation sites is 2. The van der Waals surface area contributed by atoms with Gasteiger partial charge in [0, 0.05) is 0 Å². The molecule has 2 aromatic carbocycles. The molecule has 0 bridgehead atoms. The topological polar surface area (TPSA) is 78.4 Å². The lowest BCUT2D eigenvalue weighted by Gasteiger charge is -2.24. The average Bonchev–Trinajstić information content (AvgIpc) is 3.18. The minimum absolute atomic E-state index is 0.143.